The first-order valence-electron chi connectivity index (χ1n) is 5.48. The largest absolute Gasteiger partial charge is 0.416 e. The first kappa shape index (κ1) is 14.9. The number of aliphatic hydroxyl groups excluding tert-OH is 2. The molecule has 1 rings (SSSR count). The summed E-state index contributed by atoms with van der Waals surface area (Å²) in [6.45, 7) is 1.24. The fraction of sp³-hybridized carbons (Fsp3) is 0.500. The zero-order chi connectivity index (χ0) is 13.8. The maximum Gasteiger partial charge on any atom is 0.416 e. The average Bonchev–Trinajstić information content (AvgIpc) is 2.35. The Labute approximate surface area is 103 Å². The van der Waals surface area contributed by atoms with Crippen LogP contribution in [0.25, 0.3) is 0 Å². The SMILES string of the molecule is C[C@@](CO)(NCCO)c1cccc(C(F)(F)F)c1. The van der Waals surface area contributed by atoms with E-state index in [1.54, 1.807) is 6.92 Å². The fourth-order valence-electron chi connectivity index (χ4n) is 1.62. The molecule has 3 nitrogen and oxygen atoms in total. The van der Waals surface area contributed by atoms with Gasteiger partial charge in [0.1, 0.15) is 0 Å². The molecule has 3 N–H and O–H groups in total. The predicted octanol–water partition coefficient (Wildman–Crippen LogP) is 1.49. The van der Waals surface area contributed by atoms with Crippen molar-refractivity contribution < 1.29 is 23.4 Å². The molecule has 18 heavy (non-hydrogen) atoms. The minimum absolute atomic E-state index is 0.158. The van der Waals surface area contributed by atoms with E-state index in [0.717, 1.165) is 12.1 Å². The second kappa shape index (κ2) is 5.69. The molecule has 0 saturated carbocycles. The highest BCUT2D eigenvalue weighted by atomic mass is 19.4. The van der Waals surface area contributed by atoms with Crippen molar-refractivity contribution in [2.45, 2.75) is 18.6 Å². The highest BCUT2D eigenvalue weighted by Crippen LogP contribution is 2.31. The summed E-state index contributed by atoms with van der Waals surface area (Å²) in [5.41, 5.74) is -1.44. The van der Waals surface area contributed by atoms with Gasteiger partial charge in [0, 0.05) is 6.54 Å². The van der Waals surface area contributed by atoms with Gasteiger partial charge in [-0.15, -0.1) is 0 Å². The first-order chi connectivity index (χ1) is 8.33. The van der Waals surface area contributed by atoms with Gasteiger partial charge in [0.2, 0.25) is 0 Å². The van der Waals surface area contributed by atoms with Crippen molar-refractivity contribution in [3.63, 3.8) is 0 Å². The first-order valence-corrected chi connectivity index (χ1v) is 5.48. The lowest BCUT2D eigenvalue weighted by atomic mass is 9.91. The Morgan fingerprint density at radius 3 is 2.28 bits per heavy atom. The number of nitrogens with one attached hydrogen (secondary N) is 1. The van der Waals surface area contributed by atoms with Gasteiger partial charge in [-0.1, -0.05) is 12.1 Å². The molecule has 0 heterocycles. The molecule has 1 atom stereocenters. The van der Waals surface area contributed by atoms with E-state index in [1.807, 2.05) is 0 Å². The summed E-state index contributed by atoms with van der Waals surface area (Å²) < 4.78 is 37.8. The monoisotopic (exact) mass is 263 g/mol. The van der Waals surface area contributed by atoms with Crippen LogP contribution in [-0.4, -0.2) is 30.0 Å². The van der Waals surface area contributed by atoms with Gasteiger partial charge in [-0.25, -0.2) is 0 Å². The summed E-state index contributed by atoms with van der Waals surface area (Å²) in [5, 5.41) is 20.9. The van der Waals surface area contributed by atoms with Gasteiger partial charge >= 0.3 is 6.18 Å². The van der Waals surface area contributed by atoms with Crippen molar-refractivity contribution in [2.24, 2.45) is 0 Å². The fourth-order valence-corrected chi connectivity index (χ4v) is 1.62. The molecule has 0 fully saturated rings. The summed E-state index contributed by atoms with van der Waals surface area (Å²) in [6.07, 6.45) is -4.41. The highest BCUT2D eigenvalue weighted by Gasteiger charge is 2.33. The van der Waals surface area contributed by atoms with Crippen molar-refractivity contribution in [3.8, 4) is 0 Å². The van der Waals surface area contributed by atoms with Crippen LogP contribution in [0.5, 0.6) is 0 Å². The summed E-state index contributed by atoms with van der Waals surface area (Å²) in [6, 6.07) is 4.79. The summed E-state index contributed by atoms with van der Waals surface area (Å²) in [4.78, 5) is 0. The lowest BCUT2D eigenvalue weighted by Gasteiger charge is -2.29. The van der Waals surface area contributed by atoms with Gasteiger partial charge in [0.15, 0.2) is 0 Å². The molecule has 6 heteroatoms. The van der Waals surface area contributed by atoms with E-state index in [4.69, 9.17) is 5.11 Å². The molecule has 0 unspecified atom stereocenters. The molecule has 0 saturated heterocycles. The molecule has 0 amide bonds. The second-order valence-corrected chi connectivity index (χ2v) is 4.22. The number of benzene rings is 1. The van der Waals surface area contributed by atoms with Crippen LogP contribution in [0.2, 0.25) is 0 Å². The van der Waals surface area contributed by atoms with E-state index >= 15 is 0 Å². The van der Waals surface area contributed by atoms with E-state index < -0.39 is 17.3 Å². The molecule has 1 aromatic carbocycles. The quantitative estimate of drug-likeness (QED) is 0.754. The smallest absolute Gasteiger partial charge is 0.395 e. The number of aliphatic hydroxyl groups is 2. The molecule has 102 valence electrons. The van der Waals surface area contributed by atoms with Crippen LogP contribution < -0.4 is 5.32 Å². The van der Waals surface area contributed by atoms with Crippen molar-refractivity contribution in [1.82, 2.24) is 5.32 Å². The third-order valence-corrected chi connectivity index (χ3v) is 2.77. The van der Waals surface area contributed by atoms with Crippen LogP contribution in [0.15, 0.2) is 24.3 Å². The van der Waals surface area contributed by atoms with Crippen molar-refractivity contribution in [2.75, 3.05) is 19.8 Å². The topological polar surface area (TPSA) is 52.5 Å². The molecule has 0 spiro atoms. The Kier molecular flexibility index (Phi) is 4.72. The number of rotatable bonds is 5. The lowest BCUT2D eigenvalue weighted by molar-refractivity contribution is -0.137. The molecule has 1 aromatic rings. The standard InChI is InChI=1S/C12H16F3NO2/c1-11(8-18,16-5-6-17)9-3-2-4-10(7-9)12(13,14)15/h2-4,7,16-18H,5-6,8H2,1H3/t11-/m0/s1. The average molecular weight is 263 g/mol. The van der Waals surface area contributed by atoms with Gasteiger partial charge < -0.3 is 15.5 Å². The molecule has 0 radical (unpaired) electrons. The minimum Gasteiger partial charge on any atom is -0.395 e. The van der Waals surface area contributed by atoms with E-state index in [2.05, 4.69) is 5.32 Å². The van der Waals surface area contributed by atoms with Crippen LogP contribution in [0.3, 0.4) is 0 Å². The highest BCUT2D eigenvalue weighted by molar-refractivity contribution is 5.31. The Bertz CT molecular complexity index is 395. The molecule has 0 aromatic heterocycles. The van der Waals surface area contributed by atoms with Crippen molar-refractivity contribution in [3.05, 3.63) is 35.4 Å². The van der Waals surface area contributed by atoms with Gasteiger partial charge in [0.05, 0.1) is 24.3 Å². The maximum atomic E-state index is 12.6. The third kappa shape index (κ3) is 3.44. The predicted molar refractivity (Wildman–Crippen MR) is 61.0 cm³/mol. The second-order valence-electron chi connectivity index (χ2n) is 4.22. The van der Waals surface area contributed by atoms with E-state index in [9.17, 15) is 18.3 Å². The Balaban J connectivity index is 3.07. The molecular formula is C12H16F3NO2. The Morgan fingerprint density at radius 2 is 1.78 bits per heavy atom. The van der Waals surface area contributed by atoms with Gasteiger partial charge in [-0.2, -0.15) is 13.2 Å². The number of hydrogen-bond donors (Lipinski definition) is 3. The number of hydrogen-bond acceptors (Lipinski definition) is 3. The zero-order valence-corrected chi connectivity index (χ0v) is 9.96. The van der Waals surface area contributed by atoms with E-state index in [1.165, 1.54) is 12.1 Å². The molecule has 0 aliphatic rings. The third-order valence-electron chi connectivity index (χ3n) is 2.77. The number of halogens is 3. The van der Waals surface area contributed by atoms with Gasteiger partial charge in [0.25, 0.3) is 0 Å². The lowest BCUT2D eigenvalue weighted by Crippen LogP contribution is -2.44. The van der Waals surface area contributed by atoms with Gasteiger partial charge in [-0.05, 0) is 24.6 Å². The zero-order valence-electron chi connectivity index (χ0n) is 9.96. The minimum atomic E-state index is -4.41. The maximum absolute atomic E-state index is 12.6. The van der Waals surface area contributed by atoms with Crippen LogP contribution in [0.4, 0.5) is 13.2 Å². The molecule has 0 aliphatic carbocycles. The van der Waals surface area contributed by atoms with Crippen LogP contribution >= 0.6 is 0 Å². The van der Waals surface area contributed by atoms with Crippen LogP contribution in [0.1, 0.15) is 18.1 Å². The van der Waals surface area contributed by atoms with Crippen molar-refractivity contribution >= 4 is 0 Å². The van der Waals surface area contributed by atoms with Crippen molar-refractivity contribution in [1.29, 1.82) is 0 Å². The summed E-state index contributed by atoms with van der Waals surface area (Å²) in [5.74, 6) is 0. The summed E-state index contributed by atoms with van der Waals surface area (Å²) in [7, 11) is 0. The van der Waals surface area contributed by atoms with E-state index in [0.29, 0.717) is 5.56 Å². The molecule has 0 aliphatic heterocycles. The van der Waals surface area contributed by atoms with Gasteiger partial charge in [-0.3, -0.25) is 0 Å². The number of alkyl halides is 3. The molecule has 0 bridgehead atoms. The summed E-state index contributed by atoms with van der Waals surface area (Å²) >= 11 is 0. The van der Waals surface area contributed by atoms with Crippen LogP contribution in [0, 0.1) is 0 Å². The van der Waals surface area contributed by atoms with Crippen LogP contribution in [-0.2, 0) is 11.7 Å². The Hall–Kier alpha value is -1.11. The normalized spacial score (nSPS) is 15.4. The Morgan fingerprint density at radius 1 is 1.17 bits per heavy atom. The van der Waals surface area contributed by atoms with E-state index in [-0.39, 0.29) is 19.8 Å². The molecular weight excluding hydrogens is 247 g/mol.